The van der Waals surface area contributed by atoms with E-state index < -0.39 is 55.3 Å². The number of benzene rings is 3. The van der Waals surface area contributed by atoms with Gasteiger partial charge in [-0.1, -0.05) is 17.7 Å². The molecular weight excluding hydrogens is 499 g/mol. The molecule has 34 heavy (non-hydrogen) atoms. The van der Waals surface area contributed by atoms with Crippen LogP contribution in [0.15, 0.2) is 47.4 Å². The van der Waals surface area contributed by atoms with Crippen molar-refractivity contribution in [3.05, 3.63) is 76.1 Å². The van der Waals surface area contributed by atoms with Gasteiger partial charge in [0.1, 0.15) is 22.3 Å². The second-order valence-electron chi connectivity index (χ2n) is 6.99. The van der Waals surface area contributed by atoms with Crippen molar-refractivity contribution in [2.45, 2.75) is 11.3 Å². The van der Waals surface area contributed by atoms with Gasteiger partial charge in [-0.25, -0.2) is 26.4 Å². The number of carboxylic acid groups (broad SMARTS) is 1. The molecule has 3 rings (SSSR count). The van der Waals surface area contributed by atoms with E-state index in [4.69, 9.17) is 16.3 Å². The maximum atomic E-state index is 14.6. The van der Waals surface area contributed by atoms with Crippen LogP contribution in [0.25, 0.3) is 11.1 Å². The quantitative estimate of drug-likeness (QED) is 0.408. The average molecular weight is 516 g/mol. The highest BCUT2D eigenvalue weighted by Crippen LogP contribution is 2.36. The van der Waals surface area contributed by atoms with E-state index in [0.717, 1.165) is 37.4 Å². The Bertz CT molecular complexity index is 1380. The Kier molecular flexibility index (Phi) is 7.39. The number of hydrogen-bond donors (Lipinski definition) is 3. The van der Waals surface area contributed by atoms with Crippen molar-refractivity contribution in [3.8, 4) is 16.9 Å². The lowest BCUT2D eigenvalue weighted by Crippen LogP contribution is -2.16. The summed E-state index contributed by atoms with van der Waals surface area (Å²) in [6.45, 7) is -0.332. The third kappa shape index (κ3) is 5.11. The molecule has 0 saturated heterocycles. The minimum atomic E-state index is -4.70. The van der Waals surface area contributed by atoms with E-state index in [1.807, 2.05) is 4.72 Å². The molecule has 12 heteroatoms. The van der Waals surface area contributed by atoms with Crippen LogP contribution in [0, 0.1) is 17.5 Å². The van der Waals surface area contributed by atoms with Crippen LogP contribution in [-0.2, 0) is 16.4 Å². The van der Waals surface area contributed by atoms with E-state index >= 15 is 0 Å². The monoisotopic (exact) mass is 515 g/mol. The number of ether oxygens (including phenoxy) is 1. The maximum absolute atomic E-state index is 14.6. The number of aliphatic hydroxyl groups is 1. The maximum Gasteiger partial charge on any atom is 0.335 e. The van der Waals surface area contributed by atoms with Gasteiger partial charge in [-0.05, 0) is 47.9 Å². The van der Waals surface area contributed by atoms with Crippen LogP contribution in [0.5, 0.6) is 5.75 Å². The minimum absolute atomic E-state index is 0.0134. The highest BCUT2D eigenvalue weighted by molar-refractivity contribution is 7.92. The van der Waals surface area contributed by atoms with Crippen molar-refractivity contribution < 1.29 is 41.3 Å². The Hall–Kier alpha value is -3.28. The fraction of sp³-hybridized carbons (Fsp3) is 0.136. The number of aliphatic hydroxyl groups excluding tert-OH is 1. The number of hydrogen-bond acceptors (Lipinski definition) is 5. The normalized spacial score (nSPS) is 11.4. The number of sulfonamides is 1. The number of carboxylic acids is 1. The number of nitrogens with one attached hydrogen (secondary N) is 1. The summed E-state index contributed by atoms with van der Waals surface area (Å²) in [5.74, 6) is -4.98. The van der Waals surface area contributed by atoms with Crippen LogP contribution in [0.1, 0.15) is 15.9 Å². The van der Waals surface area contributed by atoms with Gasteiger partial charge in [0.05, 0.1) is 23.4 Å². The lowest BCUT2D eigenvalue weighted by molar-refractivity contribution is 0.0696. The molecule has 0 unspecified atom stereocenters. The van der Waals surface area contributed by atoms with E-state index in [1.165, 1.54) is 6.07 Å². The molecule has 7 nitrogen and oxygen atoms in total. The van der Waals surface area contributed by atoms with Crippen LogP contribution in [0.4, 0.5) is 18.9 Å². The highest BCUT2D eigenvalue weighted by atomic mass is 35.5. The van der Waals surface area contributed by atoms with Gasteiger partial charge in [0.25, 0.3) is 10.0 Å². The van der Waals surface area contributed by atoms with Crippen molar-refractivity contribution in [1.29, 1.82) is 0 Å². The van der Waals surface area contributed by atoms with Crippen molar-refractivity contribution in [2.75, 3.05) is 18.4 Å². The first-order valence-corrected chi connectivity index (χ1v) is 11.4. The second-order valence-corrected chi connectivity index (χ2v) is 9.05. The number of carbonyl (C=O) groups is 1. The van der Waals surface area contributed by atoms with E-state index in [1.54, 1.807) is 0 Å². The molecule has 0 aliphatic carbocycles. The molecule has 180 valence electrons. The predicted molar refractivity (Wildman–Crippen MR) is 118 cm³/mol. The second kappa shape index (κ2) is 9.92. The molecule has 0 aromatic heterocycles. The molecule has 0 aliphatic rings. The molecule has 3 aromatic rings. The summed E-state index contributed by atoms with van der Waals surface area (Å²) in [7, 11) is -3.60. The predicted octanol–water partition coefficient (Wildman–Crippen LogP) is 4.47. The highest BCUT2D eigenvalue weighted by Gasteiger charge is 2.26. The number of aromatic carboxylic acids is 1. The van der Waals surface area contributed by atoms with Crippen LogP contribution in [0.3, 0.4) is 0 Å². The fourth-order valence-electron chi connectivity index (χ4n) is 3.26. The van der Waals surface area contributed by atoms with Gasteiger partial charge in [0.15, 0.2) is 5.75 Å². The summed E-state index contributed by atoms with van der Waals surface area (Å²) >= 11 is 5.95. The van der Waals surface area contributed by atoms with E-state index in [0.29, 0.717) is 11.6 Å². The Labute approximate surface area is 197 Å². The van der Waals surface area contributed by atoms with Gasteiger partial charge in [-0.3, -0.25) is 4.72 Å². The third-order valence-electron chi connectivity index (χ3n) is 4.79. The first-order chi connectivity index (χ1) is 16.0. The van der Waals surface area contributed by atoms with Crippen molar-refractivity contribution in [2.24, 2.45) is 0 Å². The summed E-state index contributed by atoms with van der Waals surface area (Å²) in [5.41, 5.74) is -1.17. The molecular formula is C22H17ClF3NO6S. The Morgan fingerprint density at radius 1 is 1.06 bits per heavy atom. The average Bonchev–Trinajstić information content (AvgIpc) is 2.76. The van der Waals surface area contributed by atoms with Gasteiger partial charge in [0.2, 0.25) is 0 Å². The summed E-state index contributed by atoms with van der Waals surface area (Å²) < 4.78 is 76.0. The lowest BCUT2D eigenvalue weighted by Gasteiger charge is -2.16. The molecule has 0 heterocycles. The molecule has 0 radical (unpaired) electrons. The molecule has 3 N–H and O–H groups in total. The van der Waals surface area contributed by atoms with Crippen LogP contribution in [-0.4, -0.2) is 38.3 Å². The summed E-state index contributed by atoms with van der Waals surface area (Å²) in [6.07, 6.45) is 0.0329. The Morgan fingerprint density at radius 3 is 2.38 bits per heavy atom. The lowest BCUT2D eigenvalue weighted by atomic mass is 9.96. The minimum Gasteiger partial charge on any atom is -0.494 e. The molecule has 0 fully saturated rings. The van der Waals surface area contributed by atoms with Crippen LogP contribution < -0.4 is 9.46 Å². The zero-order valence-electron chi connectivity index (χ0n) is 17.4. The first-order valence-electron chi connectivity index (χ1n) is 9.50. The van der Waals surface area contributed by atoms with E-state index in [-0.39, 0.29) is 29.2 Å². The largest absolute Gasteiger partial charge is 0.494 e. The third-order valence-corrected chi connectivity index (χ3v) is 6.45. The van der Waals surface area contributed by atoms with Crippen molar-refractivity contribution in [3.63, 3.8) is 0 Å². The Morgan fingerprint density at radius 2 is 1.76 bits per heavy atom. The number of halogens is 4. The van der Waals surface area contributed by atoms with Crippen LogP contribution in [0.2, 0.25) is 5.02 Å². The van der Waals surface area contributed by atoms with Crippen LogP contribution >= 0.6 is 11.6 Å². The summed E-state index contributed by atoms with van der Waals surface area (Å²) in [6, 6.07) is 6.38. The molecule has 0 bridgehead atoms. The van der Waals surface area contributed by atoms with Crippen molar-refractivity contribution >= 4 is 33.3 Å². The molecule has 0 saturated carbocycles. The zero-order chi connectivity index (χ0) is 25.2. The number of anilines is 1. The summed E-state index contributed by atoms with van der Waals surface area (Å²) in [5, 5.41) is 18.1. The zero-order valence-corrected chi connectivity index (χ0v) is 19.0. The molecule has 0 aliphatic heterocycles. The molecule has 3 aromatic carbocycles. The smallest absolute Gasteiger partial charge is 0.335 e. The molecule has 0 spiro atoms. The van der Waals surface area contributed by atoms with Crippen molar-refractivity contribution in [1.82, 2.24) is 0 Å². The molecule has 0 amide bonds. The number of methoxy groups -OCH3 is 1. The summed E-state index contributed by atoms with van der Waals surface area (Å²) in [4.78, 5) is 10.6. The number of rotatable bonds is 8. The topological polar surface area (TPSA) is 113 Å². The van der Waals surface area contributed by atoms with E-state index in [2.05, 4.69) is 0 Å². The van der Waals surface area contributed by atoms with E-state index in [9.17, 15) is 36.6 Å². The standard InChI is InChI=1S/C22H17ClF3NO6S/c1-33-21-16(23)6-12(22(29)30)7-20(21)34(31,32)27-19-9-15(17(25)10-18(19)26)14-8-13(24)3-2-11(14)4-5-28/h2-3,6-10,27-28H,4-5H2,1H3,(H,29,30). The van der Waals surface area contributed by atoms with Gasteiger partial charge in [-0.15, -0.1) is 0 Å². The van der Waals surface area contributed by atoms with Gasteiger partial charge in [-0.2, -0.15) is 0 Å². The first kappa shape index (κ1) is 25.3. The fourth-order valence-corrected chi connectivity index (χ4v) is 4.89. The molecule has 0 atom stereocenters. The van der Waals surface area contributed by atoms with Gasteiger partial charge in [0, 0.05) is 18.2 Å². The van der Waals surface area contributed by atoms with Gasteiger partial charge < -0.3 is 14.9 Å². The van der Waals surface area contributed by atoms with Gasteiger partial charge >= 0.3 is 5.97 Å². The Balaban J connectivity index is 2.15. The SMILES string of the molecule is COc1c(Cl)cc(C(=O)O)cc1S(=O)(=O)Nc1cc(-c2cc(F)ccc2CCO)c(F)cc1F.